The molecule has 2 heterocycles. The van der Waals surface area contributed by atoms with E-state index < -0.39 is 11.7 Å². The number of urea groups is 1. The Morgan fingerprint density at radius 3 is 2.32 bits per heavy atom. The smallest absolute Gasteiger partial charge is 0.353 e. The molecule has 25 heavy (non-hydrogen) atoms. The van der Waals surface area contributed by atoms with Gasteiger partial charge >= 0.3 is 12.2 Å². The molecule has 1 fully saturated rings. The predicted octanol–water partition coefficient (Wildman–Crippen LogP) is 3.45. The number of aromatic nitrogens is 1. The minimum absolute atomic E-state index is 0.0851. The number of rotatable bonds is 2. The number of carbonyl (C=O) groups is 1. The van der Waals surface area contributed by atoms with Crippen molar-refractivity contribution in [2.45, 2.75) is 6.18 Å². The van der Waals surface area contributed by atoms with Crippen molar-refractivity contribution in [3.05, 3.63) is 54.2 Å². The van der Waals surface area contributed by atoms with Crippen molar-refractivity contribution in [2.75, 3.05) is 36.4 Å². The number of hydrogen-bond donors (Lipinski definition) is 1. The van der Waals surface area contributed by atoms with E-state index in [1.165, 1.54) is 12.3 Å². The Morgan fingerprint density at radius 1 is 1.00 bits per heavy atom. The maximum Gasteiger partial charge on any atom is 0.419 e. The third-order valence-corrected chi connectivity index (χ3v) is 3.98. The normalized spacial score (nSPS) is 15.2. The molecule has 1 aliphatic heterocycles. The van der Waals surface area contributed by atoms with Crippen LogP contribution in [0.25, 0.3) is 0 Å². The molecule has 0 radical (unpaired) electrons. The first-order valence-electron chi connectivity index (χ1n) is 7.83. The van der Waals surface area contributed by atoms with E-state index in [2.05, 4.69) is 10.3 Å². The molecule has 132 valence electrons. The summed E-state index contributed by atoms with van der Waals surface area (Å²) in [5.41, 5.74) is -0.0730. The Kier molecular flexibility index (Phi) is 4.78. The fourth-order valence-corrected chi connectivity index (χ4v) is 2.72. The molecule has 0 aliphatic carbocycles. The van der Waals surface area contributed by atoms with Crippen LogP contribution in [-0.2, 0) is 6.18 Å². The SMILES string of the molecule is O=C(Nc1ccccc1)N1CCN(c2ncccc2C(F)(F)F)CC1. The first-order chi connectivity index (χ1) is 11.9. The number of alkyl halides is 3. The molecule has 0 atom stereocenters. The Bertz CT molecular complexity index is 728. The zero-order valence-electron chi connectivity index (χ0n) is 13.3. The topological polar surface area (TPSA) is 48.5 Å². The fraction of sp³-hybridized carbons (Fsp3) is 0.294. The highest BCUT2D eigenvalue weighted by atomic mass is 19.4. The summed E-state index contributed by atoms with van der Waals surface area (Å²) in [4.78, 5) is 19.3. The van der Waals surface area contributed by atoms with E-state index in [4.69, 9.17) is 0 Å². The Hall–Kier alpha value is -2.77. The van der Waals surface area contributed by atoms with Gasteiger partial charge in [-0.25, -0.2) is 9.78 Å². The van der Waals surface area contributed by atoms with E-state index in [0.29, 0.717) is 31.9 Å². The van der Waals surface area contributed by atoms with Gasteiger partial charge in [0.15, 0.2) is 0 Å². The monoisotopic (exact) mass is 350 g/mol. The number of amides is 2. The van der Waals surface area contributed by atoms with Crippen molar-refractivity contribution in [1.29, 1.82) is 0 Å². The third kappa shape index (κ3) is 4.01. The lowest BCUT2D eigenvalue weighted by Crippen LogP contribution is -2.50. The predicted molar refractivity (Wildman–Crippen MR) is 88.5 cm³/mol. The van der Waals surface area contributed by atoms with Gasteiger partial charge in [0.1, 0.15) is 5.82 Å². The second kappa shape index (κ2) is 7.00. The number of benzene rings is 1. The van der Waals surface area contributed by atoms with Crippen molar-refractivity contribution >= 4 is 17.5 Å². The highest BCUT2D eigenvalue weighted by Crippen LogP contribution is 2.35. The first-order valence-corrected chi connectivity index (χ1v) is 7.83. The van der Waals surface area contributed by atoms with Gasteiger partial charge in [-0.2, -0.15) is 13.2 Å². The molecule has 0 saturated carbocycles. The lowest BCUT2D eigenvalue weighted by Gasteiger charge is -2.36. The van der Waals surface area contributed by atoms with Crippen molar-refractivity contribution in [1.82, 2.24) is 9.88 Å². The van der Waals surface area contributed by atoms with E-state index in [1.54, 1.807) is 21.9 Å². The van der Waals surface area contributed by atoms with E-state index in [0.717, 1.165) is 6.07 Å². The molecule has 2 amide bonds. The van der Waals surface area contributed by atoms with Gasteiger partial charge in [-0.05, 0) is 24.3 Å². The van der Waals surface area contributed by atoms with E-state index in [-0.39, 0.29) is 11.8 Å². The second-order valence-electron chi connectivity index (χ2n) is 5.64. The van der Waals surface area contributed by atoms with Gasteiger partial charge in [-0.1, -0.05) is 18.2 Å². The highest BCUT2D eigenvalue weighted by molar-refractivity contribution is 5.89. The minimum atomic E-state index is -4.45. The molecule has 2 aromatic rings. The zero-order valence-corrected chi connectivity index (χ0v) is 13.3. The number of nitrogens with zero attached hydrogens (tertiary/aromatic N) is 3. The Labute approximate surface area is 143 Å². The number of piperazine rings is 1. The van der Waals surface area contributed by atoms with Gasteiger partial charge in [-0.15, -0.1) is 0 Å². The van der Waals surface area contributed by atoms with Gasteiger partial charge in [-0.3, -0.25) is 0 Å². The second-order valence-corrected chi connectivity index (χ2v) is 5.64. The van der Waals surface area contributed by atoms with Crippen molar-refractivity contribution in [2.24, 2.45) is 0 Å². The summed E-state index contributed by atoms with van der Waals surface area (Å²) in [6.07, 6.45) is -3.11. The third-order valence-electron chi connectivity index (χ3n) is 3.98. The summed E-state index contributed by atoms with van der Waals surface area (Å²) in [6, 6.07) is 11.1. The number of hydrogen-bond acceptors (Lipinski definition) is 3. The summed E-state index contributed by atoms with van der Waals surface area (Å²) in [7, 11) is 0. The summed E-state index contributed by atoms with van der Waals surface area (Å²) in [6.45, 7) is 1.24. The lowest BCUT2D eigenvalue weighted by atomic mass is 10.2. The Balaban J connectivity index is 1.64. The lowest BCUT2D eigenvalue weighted by molar-refractivity contribution is -0.137. The van der Waals surface area contributed by atoms with E-state index in [9.17, 15) is 18.0 Å². The largest absolute Gasteiger partial charge is 0.419 e. The van der Waals surface area contributed by atoms with Crippen LogP contribution in [0.5, 0.6) is 0 Å². The molecule has 0 bridgehead atoms. The summed E-state index contributed by atoms with van der Waals surface area (Å²) >= 11 is 0. The Morgan fingerprint density at radius 2 is 1.68 bits per heavy atom. The van der Waals surface area contributed by atoms with Crippen LogP contribution in [0.3, 0.4) is 0 Å². The van der Waals surface area contributed by atoms with Crippen molar-refractivity contribution in [3.8, 4) is 0 Å². The number of halogens is 3. The van der Waals surface area contributed by atoms with Gasteiger partial charge in [0.2, 0.25) is 0 Å². The van der Waals surface area contributed by atoms with Crippen LogP contribution in [0.15, 0.2) is 48.7 Å². The quantitative estimate of drug-likeness (QED) is 0.902. The van der Waals surface area contributed by atoms with Crippen LogP contribution in [0.1, 0.15) is 5.56 Å². The van der Waals surface area contributed by atoms with E-state index in [1.807, 2.05) is 18.2 Å². The molecule has 8 heteroatoms. The van der Waals surface area contributed by atoms with Crippen molar-refractivity contribution in [3.63, 3.8) is 0 Å². The van der Waals surface area contributed by atoms with Gasteiger partial charge in [0.05, 0.1) is 5.56 Å². The van der Waals surface area contributed by atoms with Crippen LogP contribution < -0.4 is 10.2 Å². The number of pyridine rings is 1. The van der Waals surface area contributed by atoms with E-state index >= 15 is 0 Å². The molecule has 1 N–H and O–H groups in total. The van der Waals surface area contributed by atoms with Crippen LogP contribution in [0.2, 0.25) is 0 Å². The number of nitrogens with one attached hydrogen (secondary N) is 1. The molecule has 1 aliphatic rings. The van der Waals surface area contributed by atoms with Crippen LogP contribution >= 0.6 is 0 Å². The average Bonchev–Trinajstić information content (AvgIpc) is 2.62. The molecule has 1 aromatic heterocycles. The van der Waals surface area contributed by atoms with Gasteiger partial charge in [0.25, 0.3) is 0 Å². The standard InChI is InChI=1S/C17H17F3N4O/c18-17(19,20)14-7-4-8-21-15(14)23-9-11-24(12-10-23)16(25)22-13-5-2-1-3-6-13/h1-8H,9-12H2,(H,22,25). The molecular weight excluding hydrogens is 333 g/mol. The first kappa shape index (κ1) is 17.1. The number of para-hydroxylation sites is 1. The molecule has 1 aromatic carbocycles. The van der Waals surface area contributed by atoms with Gasteiger partial charge < -0.3 is 15.1 Å². The molecule has 1 saturated heterocycles. The molecule has 0 unspecified atom stereocenters. The van der Waals surface area contributed by atoms with Crippen LogP contribution in [0, 0.1) is 0 Å². The zero-order chi connectivity index (χ0) is 17.9. The van der Waals surface area contributed by atoms with Crippen LogP contribution in [0.4, 0.5) is 29.5 Å². The highest BCUT2D eigenvalue weighted by Gasteiger charge is 2.36. The summed E-state index contributed by atoms with van der Waals surface area (Å²) in [5.74, 6) is -0.0851. The fourth-order valence-electron chi connectivity index (χ4n) is 2.72. The van der Waals surface area contributed by atoms with Crippen molar-refractivity contribution < 1.29 is 18.0 Å². The number of carbonyl (C=O) groups excluding carboxylic acids is 1. The molecule has 5 nitrogen and oxygen atoms in total. The average molecular weight is 350 g/mol. The molecule has 3 rings (SSSR count). The maximum atomic E-state index is 13.1. The summed E-state index contributed by atoms with van der Waals surface area (Å²) < 4.78 is 39.3. The molecular formula is C17H17F3N4O. The van der Waals surface area contributed by atoms with Crippen LogP contribution in [-0.4, -0.2) is 42.1 Å². The number of anilines is 2. The minimum Gasteiger partial charge on any atom is -0.353 e. The maximum absolute atomic E-state index is 13.1. The molecule has 0 spiro atoms. The van der Waals surface area contributed by atoms with Gasteiger partial charge in [0, 0.05) is 38.1 Å². The summed E-state index contributed by atoms with van der Waals surface area (Å²) in [5, 5.41) is 2.77.